The predicted molar refractivity (Wildman–Crippen MR) is 111 cm³/mol. The first-order valence-electron chi connectivity index (χ1n) is 10.5. The van der Waals surface area contributed by atoms with Crippen LogP contribution in [0.15, 0.2) is 48.5 Å². The van der Waals surface area contributed by atoms with Crippen LogP contribution in [0.5, 0.6) is 0 Å². The van der Waals surface area contributed by atoms with Crippen LogP contribution in [0.25, 0.3) is 0 Å². The lowest BCUT2D eigenvalue weighted by Gasteiger charge is -2.42. The summed E-state index contributed by atoms with van der Waals surface area (Å²) in [5.41, 5.74) is 2.36. The maximum Gasteiger partial charge on any atom is 0.255 e. The second-order valence-electron chi connectivity index (χ2n) is 8.48. The summed E-state index contributed by atoms with van der Waals surface area (Å²) < 4.78 is 19.8. The molecule has 1 unspecified atom stereocenters. The molecule has 0 radical (unpaired) electrons. The third kappa shape index (κ3) is 4.21. The summed E-state index contributed by atoms with van der Waals surface area (Å²) in [5, 5.41) is 3.33. The summed E-state index contributed by atoms with van der Waals surface area (Å²) in [4.78, 5) is 15.6. The van der Waals surface area contributed by atoms with Crippen LogP contribution in [0.2, 0.25) is 0 Å². The Morgan fingerprint density at radius 1 is 1.10 bits per heavy atom. The minimum atomic E-state index is -0.910. The smallest absolute Gasteiger partial charge is 0.255 e. The molecule has 0 spiro atoms. The molecular formula is C24H29FN2O2. The van der Waals surface area contributed by atoms with E-state index in [1.807, 2.05) is 30.9 Å². The number of hydrogen-bond acceptors (Lipinski definition) is 3. The molecular weight excluding hydrogens is 367 g/mol. The first-order valence-corrected chi connectivity index (χ1v) is 10.5. The van der Waals surface area contributed by atoms with Crippen LogP contribution in [0.3, 0.4) is 0 Å². The van der Waals surface area contributed by atoms with Crippen molar-refractivity contribution in [2.75, 3.05) is 19.6 Å². The van der Waals surface area contributed by atoms with Gasteiger partial charge in [0, 0.05) is 6.54 Å². The highest BCUT2D eigenvalue weighted by Crippen LogP contribution is 2.37. The average molecular weight is 397 g/mol. The molecule has 1 fully saturated rings. The SMILES string of the molecule is CC(C)(OC1CCNCC1)C(=O)N1CCc2ccccc2C1c1ccc(F)cc1. The molecule has 0 aliphatic carbocycles. The molecule has 2 aliphatic rings. The van der Waals surface area contributed by atoms with Crippen LogP contribution >= 0.6 is 0 Å². The zero-order valence-corrected chi connectivity index (χ0v) is 17.2. The maximum absolute atomic E-state index is 13.7. The monoisotopic (exact) mass is 396 g/mol. The summed E-state index contributed by atoms with van der Waals surface area (Å²) in [6.07, 6.45) is 2.74. The molecule has 0 aromatic heterocycles. The lowest BCUT2D eigenvalue weighted by molar-refractivity contribution is -0.165. The summed E-state index contributed by atoms with van der Waals surface area (Å²) in [6.45, 7) is 6.21. The summed E-state index contributed by atoms with van der Waals surface area (Å²) in [5.74, 6) is -0.287. The molecule has 1 atom stereocenters. The number of rotatable bonds is 4. The lowest BCUT2D eigenvalue weighted by atomic mass is 9.87. The Labute approximate surface area is 172 Å². The van der Waals surface area contributed by atoms with Gasteiger partial charge in [-0.15, -0.1) is 0 Å². The summed E-state index contributed by atoms with van der Waals surface area (Å²) in [6, 6.07) is 14.5. The van der Waals surface area contributed by atoms with Crippen LogP contribution in [0, 0.1) is 5.82 Å². The van der Waals surface area contributed by atoms with Gasteiger partial charge in [0.05, 0.1) is 12.1 Å². The van der Waals surface area contributed by atoms with Crippen LogP contribution in [-0.2, 0) is 16.0 Å². The number of amides is 1. The highest BCUT2D eigenvalue weighted by molar-refractivity contribution is 5.85. The van der Waals surface area contributed by atoms with Gasteiger partial charge in [0.2, 0.25) is 0 Å². The molecule has 29 heavy (non-hydrogen) atoms. The minimum Gasteiger partial charge on any atom is -0.362 e. The molecule has 4 nitrogen and oxygen atoms in total. The van der Waals surface area contributed by atoms with Crippen LogP contribution in [0.1, 0.15) is 49.4 Å². The van der Waals surface area contributed by atoms with Crippen molar-refractivity contribution in [3.05, 3.63) is 71.0 Å². The fourth-order valence-electron chi connectivity index (χ4n) is 4.52. The van der Waals surface area contributed by atoms with E-state index in [-0.39, 0.29) is 23.9 Å². The molecule has 4 rings (SSSR count). The molecule has 1 N–H and O–H groups in total. The van der Waals surface area contributed by atoms with E-state index in [1.165, 1.54) is 17.7 Å². The van der Waals surface area contributed by atoms with Gasteiger partial charge in [-0.05, 0) is 75.0 Å². The second-order valence-corrected chi connectivity index (χ2v) is 8.48. The van der Waals surface area contributed by atoms with Gasteiger partial charge in [-0.1, -0.05) is 36.4 Å². The Balaban J connectivity index is 1.65. The topological polar surface area (TPSA) is 41.6 Å². The van der Waals surface area contributed by atoms with Gasteiger partial charge < -0.3 is 15.0 Å². The van der Waals surface area contributed by atoms with Gasteiger partial charge in [-0.2, -0.15) is 0 Å². The fourth-order valence-corrected chi connectivity index (χ4v) is 4.52. The average Bonchev–Trinajstić information content (AvgIpc) is 2.73. The highest BCUT2D eigenvalue weighted by Gasteiger charge is 2.41. The number of carbonyl (C=O) groups is 1. The maximum atomic E-state index is 13.7. The molecule has 2 aromatic rings. The van der Waals surface area contributed by atoms with Crippen molar-refractivity contribution in [2.45, 2.75) is 50.9 Å². The highest BCUT2D eigenvalue weighted by atomic mass is 19.1. The van der Waals surface area contributed by atoms with Crippen molar-refractivity contribution < 1.29 is 13.9 Å². The summed E-state index contributed by atoms with van der Waals surface area (Å²) >= 11 is 0. The van der Waals surface area contributed by atoms with Crippen LogP contribution in [0.4, 0.5) is 4.39 Å². The normalized spacial score (nSPS) is 20.4. The fraction of sp³-hybridized carbons (Fsp3) is 0.458. The molecule has 0 saturated carbocycles. The van der Waals surface area contributed by atoms with Crippen molar-refractivity contribution in [1.82, 2.24) is 10.2 Å². The van der Waals surface area contributed by atoms with Crippen LogP contribution < -0.4 is 5.32 Å². The second kappa shape index (κ2) is 8.25. The number of hydrogen-bond donors (Lipinski definition) is 1. The standard InChI is InChI=1S/C24H29FN2O2/c1-24(2,29-20-11-14-26-15-12-20)23(28)27-16-13-17-5-3-4-6-21(17)22(27)18-7-9-19(25)10-8-18/h3-10,20,22,26H,11-16H2,1-2H3. The van der Waals surface area contributed by atoms with Crippen molar-refractivity contribution in [3.63, 3.8) is 0 Å². The number of piperidine rings is 1. The molecule has 0 bridgehead atoms. The van der Waals surface area contributed by atoms with Gasteiger partial charge in [0.1, 0.15) is 11.4 Å². The van der Waals surface area contributed by atoms with Crippen LogP contribution in [-0.4, -0.2) is 42.1 Å². The Morgan fingerprint density at radius 3 is 2.52 bits per heavy atom. The molecule has 2 aliphatic heterocycles. The molecule has 5 heteroatoms. The van der Waals surface area contributed by atoms with Crippen molar-refractivity contribution in [2.24, 2.45) is 0 Å². The predicted octanol–water partition coefficient (Wildman–Crippen LogP) is 3.85. The molecule has 2 aromatic carbocycles. The van der Waals surface area contributed by atoms with Gasteiger partial charge in [-0.25, -0.2) is 4.39 Å². The Bertz CT molecular complexity index is 859. The number of halogens is 1. The van der Waals surface area contributed by atoms with E-state index >= 15 is 0 Å². The van der Waals surface area contributed by atoms with Gasteiger partial charge in [-0.3, -0.25) is 4.79 Å². The number of ether oxygens (including phenoxy) is 1. The zero-order chi connectivity index (χ0) is 20.4. The number of fused-ring (bicyclic) bond motifs is 1. The van der Waals surface area contributed by atoms with E-state index in [2.05, 4.69) is 17.4 Å². The van der Waals surface area contributed by atoms with E-state index in [1.54, 1.807) is 12.1 Å². The van der Waals surface area contributed by atoms with Crippen molar-refractivity contribution >= 4 is 5.91 Å². The minimum absolute atomic E-state index is 0.0140. The Kier molecular flexibility index (Phi) is 5.70. The third-order valence-corrected chi connectivity index (χ3v) is 5.99. The number of carbonyl (C=O) groups excluding carboxylic acids is 1. The lowest BCUT2D eigenvalue weighted by Crippen LogP contribution is -2.52. The largest absolute Gasteiger partial charge is 0.362 e. The van der Waals surface area contributed by atoms with E-state index < -0.39 is 5.60 Å². The molecule has 2 heterocycles. The first kappa shape index (κ1) is 20.0. The van der Waals surface area contributed by atoms with Crippen molar-refractivity contribution in [1.29, 1.82) is 0 Å². The third-order valence-electron chi connectivity index (χ3n) is 5.99. The number of nitrogens with zero attached hydrogens (tertiary/aromatic N) is 1. The molecule has 1 saturated heterocycles. The van der Waals surface area contributed by atoms with E-state index in [0.717, 1.165) is 43.5 Å². The van der Waals surface area contributed by atoms with Gasteiger partial charge in [0.15, 0.2) is 0 Å². The molecule has 154 valence electrons. The van der Waals surface area contributed by atoms with E-state index in [9.17, 15) is 9.18 Å². The van der Waals surface area contributed by atoms with E-state index in [4.69, 9.17) is 4.74 Å². The summed E-state index contributed by atoms with van der Waals surface area (Å²) in [7, 11) is 0. The van der Waals surface area contributed by atoms with Gasteiger partial charge in [0.25, 0.3) is 5.91 Å². The first-order chi connectivity index (χ1) is 14.0. The van der Waals surface area contributed by atoms with Gasteiger partial charge >= 0.3 is 0 Å². The number of benzene rings is 2. The van der Waals surface area contributed by atoms with E-state index in [0.29, 0.717) is 6.54 Å². The number of nitrogens with one attached hydrogen (secondary N) is 1. The van der Waals surface area contributed by atoms with Crippen molar-refractivity contribution in [3.8, 4) is 0 Å². The Morgan fingerprint density at radius 2 is 1.79 bits per heavy atom. The Hall–Kier alpha value is -2.24. The quantitative estimate of drug-likeness (QED) is 0.854. The molecule has 1 amide bonds. The zero-order valence-electron chi connectivity index (χ0n) is 17.2.